The van der Waals surface area contributed by atoms with Gasteiger partial charge in [0.15, 0.2) is 66.5 Å². The average molecular weight is 2120 g/mol. The lowest BCUT2D eigenvalue weighted by molar-refractivity contribution is -0.0790. The maximum atomic E-state index is 13.9. The number of aliphatic hydroxyl groups is 1. The molecule has 0 unspecified atom stereocenters. The van der Waals surface area contributed by atoms with Gasteiger partial charge in [0, 0.05) is 6.61 Å². The number of aliphatic hydroxyl groups excluding tert-OH is 1. The second-order valence-corrected chi connectivity index (χ2v) is 83.7. The fraction of sp³-hybridized carbons (Fsp3) is 1.00. The van der Waals surface area contributed by atoms with Crippen LogP contribution in [0, 0.1) is 0 Å². The summed E-state index contributed by atoms with van der Waals surface area (Å²) in [6, 6.07) is 0. The maximum absolute atomic E-state index is 13.9. The van der Waals surface area contributed by atoms with Gasteiger partial charge in [0.1, 0.15) is 12.2 Å². The van der Waals surface area contributed by atoms with Gasteiger partial charge in [0.05, 0.1) is 178 Å². The minimum Gasteiger partial charge on any atom is -0.414 e. The van der Waals surface area contributed by atoms with E-state index in [4.69, 9.17) is 96.5 Å². The zero-order valence-corrected chi connectivity index (χ0v) is 90.2. The van der Waals surface area contributed by atoms with Crippen molar-refractivity contribution < 1.29 is 111 Å². The van der Waals surface area contributed by atoms with Gasteiger partial charge in [-0.3, -0.25) is 13.6 Å². The Morgan fingerprint density at radius 1 is 0.218 bits per heavy atom. The number of ether oxygens (including phenoxy) is 8. The topological polar surface area (TPSA) is 259 Å². The van der Waals surface area contributed by atoms with Crippen molar-refractivity contribution >= 4 is 82.0 Å². The summed E-state index contributed by atoms with van der Waals surface area (Å²) in [5.74, 6) is 0. The van der Waals surface area contributed by atoms with Gasteiger partial charge >= 0.3 is 15.4 Å². The average Bonchev–Trinajstić information content (AvgIpc) is 0.872. The highest BCUT2D eigenvalue weighted by Gasteiger charge is 2.44. The van der Waals surface area contributed by atoms with E-state index in [1.54, 1.807) is 0 Å². The zero-order valence-electron chi connectivity index (χ0n) is 80.4. The first-order chi connectivity index (χ1) is 50.8. The van der Waals surface area contributed by atoms with Gasteiger partial charge in [0.25, 0.3) is 0 Å². The second kappa shape index (κ2) is 86.4. The summed E-state index contributed by atoms with van der Waals surface area (Å²) in [6.07, 6.45) is 0.310. The summed E-state index contributed by atoms with van der Waals surface area (Å²) < 4.78 is 144. The Morgan fingerprint density at radius 2 is 0.376 bits per heavy atom. The molecule has 0 aromatic carbocycles. The van der Waals surface area contributed by atoms with Gasteiger partial charge in [-0.15, -0.1) is 0 Å². The molecule has 0 aromatic rings. The summed E-state index contributed by atoms with van der Waals surface area (Å²) in [4.78, 5) is 9.72. The number of hydrogen-bond acceptors (Lipinski definition) is 23. The van der Waals surface area contributed by atoms with Crippen LogP contribution in [-0.2, 0) is 101 Å². The highest BCUT2D eigenvalue weighted by Crippen LogP contribution is 2.50. The van der Waals surface area contributed by atoms with E-state index in [2.05, 4.69) is 271 Å². The molecule has 0 saturated carbocycles. The molecule has 0 aliphatic carbocycles. The van der Waals surface area contributed by atoms with Crippen molar-refractivity contribution in [2.24, 2.45) is 0 Å². The molecule has 0 aliphatic heterocycles. The van der Waals surface area contributed by atoms with Crippen LogP contribution in [0.5, 0.6) is 0 Å². The number of phosphoric acid groups is 1. The fourth-order valence-corrected chi connectivity index (χ4v) is 18.0. The van der Waals surface area contributed by atoms with Crippen LogP contribution in [0.1, 0.15) is 321 Å². The van der Waals surface area contributed by atoms with Crippen molar-refractivity contribution in [3.63, 3.8) is 0 Å². The van der Waals surface area contributed by atoms with Crippen molar-refractivity contribution in [3.05, 3.63) is 0 Å². The standard InChI is InChI=1S/C40H91O11PSi4.C23H52O7Si2.C16H39O6PSi2.20CH4/c1-37(2,3)53(13,14)48-29-24-43-34-36(35-44-25-30-49-54(15,16)38(4,5)6)45-26-23-42-22-21-33-52(41,46-27-31-50-55(17,18)39(7,8)9)47-28-32-51-56(19,20)40(10,11)12;1-22(2,3)31(7,8)29-17-14-26-19-21(28-16-13-25-12-11-24)20-27-15-18-30-32(9,10)23(4,5)6;1-15(2,3)24(7,8)21-13-11-19-23(17,18)20-12-14-22-25(9,10)16(4,5)6;;;;;;;;;;;;;;;;;;;;/h36H,21-35H2,1-20H3;21,24H,11-20H2,1-10H3;11-14H2,1-10H3,(H,17,18);20*1H4. The van der Waals surface area contributed by atoms with Crippen LogP contribution in [0.25, 0.3) is 0 Å². The molecule has 24 nitrogen and oxygen atoms in total. The van der Waals surface area contributed by atoms with Crippen molar-refractivity contribution in [3.8, 4) is 0 Å². The molecule has 133 heavy (non-hydrogen) atoms. The summed E-state index contributed by atoms with van der Waals surface area (Å²) in [6.45, 7) is 98.2. The highest BCUT2D eigenvalue weighted by atomic mass is 31.2. The Kier molecular flexibility index (Phi) is 125. The minimum absolute atomic E-state index is 0. The molecule has 0 spiro atoms. The van der Waals surface area contributed by atoms with Gasteiger partial charge < -0.3 is 92.4 Å². The number of hydrogen-bond donors (Lipinski definition) is 2. The Bertz CT molecular complexity index is 2410. The van der Waals surface area contributed by atoms with Gasteiger partial charge in [-0.05, 0) is 151 Å². The van der Waals surface area contributed by atoms with Crippen LogP contribution in [0.4, 0.5) is 0 Å². The lowest BCUT2D eigenvalue weighted by Gasteiger charge is -2.36. The van der Waals surface area contributed by atoms with Crippen LogP contribution in [0.15, 0.2) is 0 Å². The molecular formula is C99H262O24P2Si8. The van der Waals surface area contributed by atoms with Crippen molar-refractivity contribution in [2.45, 2.75) is 478 Å². The van der Waals surface area contributed by atoms with E-state index in [0.717, 1.165) is 0 Å². The van der Waals surface area contributed by atoms with E-state index >= 15 is 0 Å². The number of phosphoric ester groups is 1. The van der Waals surface area contributed by atoms with E-state index in [-0.39, 0.29) is 253 Å². The highest BCUT2D eigenvalue weighted by molar-refractivity contribution is 7.53. The SMILES string of the molecule is C.C.C.C.C.C.C.C.C.C.C.C.C.C.C.C.C.C.C.C.CC(C)(C)[Si](C)(C)OCCOCC(COCCO[Si](C)(C)C(C)(C)C)OCCOCCCP(=O)(OCCO[Si](C)(C)C(C)(C)C)OCCO[Si](C)(C)C(C)(C)C.CC(C)(C)[Si](C)(C)OCCOCC(COCCO[Si](C)(C)C(C)(C)C)OCCOCCO.CC(C)(C)[Si](C)(C)OCCOP(=O)(O)OCCO[Si](C)(C)C(C)(C)C. The molecule has 0 atom stereocenters. The van der Waals surface area contributed by atoms with Gasteiger partial charge in [-0.25, -0.2) is 4.57 Å². The molecule has 0 rings (SSSR count). The molecule has 844 valence electrons. The van der Waals surface area contributed by atoms with E-state index in [1.807, 2.05) is 0 Å². The summed E-state index contributed by atoms with van der Waals surface area (Å²) >= 11 is 0. The van der Waals surface area contributed by atoms with Crippen LogP contribution < -0.4 is 0 Å². The first-order valence-corrected chi connectivity index (χ1v) is 68.2. The van der Waals surface area contributed by atoms with Crippen molar-refractivity contribution in [2.75, 3.05) is 185 Å². The van der Waals surface area contributed by atoms with Crippen LogP contribution >= 0.6 is 15.4 Å². The molecular weight excluding hydrogens is 1860 g/mol. The molecule has 0 saturated heterocycles. The third-order valence-electron chi connectivity index (χ3n) is 23.8. The predicted molar refractivity (Wildman–Crippen MR) is 622 cm³/mol. The Labute approximate surface area is 850 Å². The van der Waals surface area contributed by atoms with Gasteiger partial charge in [-0.1, -0.05) is 315 Å². The molecule has 0 heterocycles. The Hall–Kier alpha value is 1.32. The molecule has 0 aromatic heterocycles. The van der Waals surface area contributed by atoms with Crippen LogP contribution in [0.2, 0.25) is 145 Å². The first-order valence-electron chi connectivity index (χ1n) is 41.7. The summed E-state index contributed by atoms with van der Waals surface area (Å²) in [5.41, 5.74) is 0. The first kappa shape index (κ1) is 193. The normalized spacial score (nSPS) is 12.3. The fourth-order valence-electron chi connectivity index (χ4n) is 7.53. The van der Waals surface area contributed by atoms with Crippen LogP contribution in [-0.4, -0.2) is 273 Å². The Balaban J connectivity index is -0.0000000651. The van der Waals surface area contributed by atoms with E-state index in [9.17, 15) is 14.0 Å². The van der Waals surface area contributed by atoms with Gasteiger partial charge in [-0.2, -0.15) is 0 Å². The molecule has 0 aliphatic rings. The molecule has 0 fully saturated rings. The lowest BCUT2D eigenvalue weighted by Crippen LogP contribution is -2.42. The molecule has 2 N–H and O–H groups in total. The largest absolute Gasteiger partial charge is 0.472 e. The third kappa shape index (κ3) is 86.2. The monoisotopic (exact) mass is 2120 g/mol. The van der Waals surface area contributed by atoms with E-state index in [1.165, 1.54) is 0 Å². The molecule has 0 bridgehead atoms. The Morgan fingerprint density at radius 3 is 0.549 bits per heavy atom. The third-order valence-corrected chi connectivity index (χ3v) is 63.2. The quantitative estimate of drug-likeness (QED) is 0.0326. The number of rotatable bonds is 58. The lowest BCUT2D eigenvalue weighted by atomic mass is 10.2. The molecule has 34 heteroatoms. The molecule has 0 radical (unpaired) electrons. The minimum atomic E-state index is -4.07. The summed E-state index contributed by atoms with van der Waals surface area (Å²) in [5, 5.41) is 9.81. The van der Waals surface area contributed by atoms with Crippen LogP contribution in [0.3, 0.4) is 0 Å². The smallest absolute Gasteiger partial charge is 0.414 e. The molecule has 0 amide bonds. The van der Waals surface area contributed by atoms with E-state index < -0.39 is 82.0 Å². The maximum Gasteiger partial charge on any atom is 0.472 e. The van der Waals surface area contributed by atoms with Crippen molar-refractivity contribution in [1.82, 2.24) is 0 Å². The summed E-state index contributed by atoms with van der Waals surface area (Å²) in [7, 11) is -22.3. The second-order valence-electron chi connectivity index (χ2n) is 41.6. The van der Waals surface area contributed by atoms with Gasteiger partial charge in [0.2, 0.25) is 0 Å². The van der Waals surface area contributed by atoms with E-state index in [0.29, 0.717) is 139 Å². The zero-order chi connectivity index (χ0) is 88.8. The predicted octanol–water partition coefficient (Wildman–Crippen LogP) is 33.5. The van der Waals surface area contributed by atoms with Crippen molar-refractivity contribution in [1.29, 1.82) is 0 Å².